The second-order valence-corrected chi connectivity index (χ2v) is 16.9. The first-order valence-corrected chi connectivity index (χ1v) is 17.3. The Morgan fingerprint density at radius 2 is 1.70 bits per heavy atom. The van der Waals surface area contributed by atoms with E-state index in [0.29, 0.717) is 0 Å². The Balaban J connectivity index is 0.000000193. The van der Waals surface area contributed by atoms with Gasteiger partial charge in [-0.2, -0.15) is 11.3 Å². The molecule has 3 heterocycles. The van der Waals surface area contributed by atoms with Crippen LogP contribution in [0.2, 0.25) is 19.6 Å². The van der Waals surface area contributed by atoms with Crippen LogP contribution in [0.25, 0.3) is 42.7 Å². The van der Waals surface area contributed by atoms with Gasteiger partial charge in [-0.05, 0) is 44.7 Å². The average molecular weight is 740 g/mol. The number of rotatable bonds is 4. The van der Waals surface area contributed by atoms with Gasteiger partial charge in [0.05, 0.1) is 8.07 Å². The first-order chi connectivity index (χ1) is 19.0. The Morgan fingerprint density at radius 3 is 2.38 bits per heavy atom. The number of pyridine rings is 2. The van der Waals surface area contributed by atoms with Crippen LogP contribution in [0.1, 0.15) is 26.7 Å². The first kappa shape index (κ1) is 28.5. The molecule has 3 aromatic heterocycles. The third kappa shape index (κ3) is 6.64. The van der Waals surface area contributed by atoms with Crippen LogP contribution in [0.4, 0.5) is 4.39 Å². The second kappa shape index (κ2) is 12.7. The predicted molar refractivity (Wildman–Crippen MR) is 167 cm³/mol. The number of fused-ring (bicyclic) bond motifs is 3. The molecule has 6 heteroatoms. The fourth-order valence-corrected chi connectivity index (χ4v) is 6.56. The third-order valence-electron chi connectivity index (χ3n) is 6.61. The van der Waals surface area contributed by atoms with E-state index in [1.54, 1.807) is 23.6 Å². The molecule has 0 aliphatic rings. The molecule has 0 fully saturated rings. The summed E-state index contributed by atoms with van der Waals surface area (Å²) in [6, 6.07) is 31.3. The van der Waals surface area contributed by atoms with Gasteiger partial charge in [0, 0.05) is 44.4 Å². The van der Waals surface area contributed by atoms with Crippen LogP contribution in [0.5, 0.6) is 0 Å². The molecule has 3 aromatic carbocycles. The van der Waals surface area contributed by atoms with E-state index in [2.05, 4.69) is 78.1 Å². The average Bonchev–Trinajstić information content (AvgIpc) is 3.32. The van der Waals surface area contributed by atoms with E-state index >= 15 is 0 Å². The number of hydrogen-bond acceptors (Lipinski definition) is 3. The number of nitrogens with zero attached hydrogens (tertiary/aromatic N) is 2. The van der Waals surface area contributed by atoms with Crippen molar-refractivity contribution >= 4 is 44.8 Å². The van der Waals surface area contributed by atoms with Crippen molar-refractivity contribution in [1.29, 1.82) is 0 Å². The minimum atomic E-state index is -1.30. The molecule has 6 rings (SSSR count). The second-order valence-electron chi connectivity index (χ2n) is 10.7. The molecular formula is C34H31FIrN2SSi-2. The van der Waals surface area contributed by atoms with Gasteiger partial charge in [-0.1, -0.05) is 80.8 Å². The van der Waals surface area contributed by atoms with Crippen LogP contribution >= 0.6 is 11.3 Å². The summed E-state index contributed by atoms with van der Waals surface area (Å²) in [5.74, 6) is -0.904. The van der Waals surface area contributed by atoms with E-state index in [0.717, 1.165) is 28.1 Å². The van der Waals surface area contributed by atoms with Crippen molar-refractivity contribution in [3.8, 4) is 22.5 Å². The van der Waals surface area contributed by atoms with E-state index in [1.165, 1.54) is 37.5 Å². The Kier molecular flexibility index (Phi) is 9.02. The summed E-state index contributed by atoms with van der Waals surface area (Å²) in [6.07, 6.45) is 3.72. The Hall–Kier alpha value is -3.02. The molecule has 2 nitrogen and oxygen atoms in total. The fraction of sp³-hybridized carbons (Fsp3) is 0.176. The van der Waals surface area contributed by atoms with Gasteiger partial charge < -0.3 is 9.97 Å². The van der Waals surface area contributed by atoms with E-state index in [9.17, 15) is 4.39 Å². The SMILES string of the molecule is C[Si](C)(C)c1ccc(-c2[c-]cc(F)cc2)nc1.[2H]C(C)(C)c1ccnc(-c2[c-]ccc3c2sc2ccccc23)c1.[Ir]. The van der Waals surface area contributed by atoms with Crippen molar-refractivity contribution < 1.29 is 25.9 Å². The van der Waals surface area contributed by atoms with Crippen LogP contribution < -0.4 is 5.19 Å². The van der Waals surface area contributed by atoms with Gasteiger partial charge in [-0.15, -0.1) is 53.6 Å². The van der Waals surface area contributed by atoms with Crippen molar-refractivity contribution in [3.63, 3.8) is 0 Å². The minimum absolute atomic E-state index is 0. The van der Waals surface area contributed by atoms with Crippen molar-refractivity contribution in [2.45, 2.75) is 39.4 Å². The van der Waals surface area contributed by atoms with Crippen molar-refractivity contribution in [2.75, 3.05) is 0 Å². The summed E-state index contributed by atoms with van der Waals surface area (Å²) in [6.45, 7) is 10.7. The Bertz CT molecular complexity index is 1770. The summed E-state index contributed by atoms with van der Waals surface area (Å²) in [5.41, 5.74) is 4.55. The normalized spacial score (nSPS) is 11.9. The van der Waals surface area contributed by atoms with Gasteiger partial charge in [0.25, 0.3) is 0 Å². The number of hydrogen-bond donors (Lipinski definition) is 0. The zero-order valence-electron chi connectivity index (χ0n) is 24.2. The van der Waals surface area contributed by atoms with Gasteiger partial charge in [-0.25, -0.2) is 0 Å². The minimum Gasteiger partial charge on any atom is -0.305 e. The van der Waals surface area contributed by atoms with Gasteiger partial charge in [0.2, 0.25) is 0 Å². The molecule has 0 aliphatic heterocycles. The van der Waals surface area contributed by atoms with Crippen LogP contribution in [-0.4, -0.2) is 18.0 Å². The van der Waals surface area contributed by atoms with E-state index in [1.807, 2.05) is 44.3 Å². The monoisotopic (exact) mass is 740 g/mol. The molecule has 6 aromatic rings. The van der Waals surface area contributed by atoms with Gasteiger partial charge in [-0.3, -0.25) is 4.39 Å². The molecule has 205 valence electrons. The standard InChI is InChI=1S/C20H16NS.C14H15FNSi.Ir/c1-13(2)14-10-11-21-18(12-14)17-8-5-7-16-15-6-3-4-9-19(15)22-20(16)17;1-17(2,3)13-8-9-14(16-10-13)11-4-6-12(15)7-5-11;/h3-7,9-13H,1-2H3;4,6-10H,1-3H3;/q2*-1;/i13D;;. The van der Waals surface area contributed by atoms with Gasteiger partial charge >= 0.3 is 0 Å². The van der Waals surface area contributed by atoms with Crippen molar-refractivity contribution in [1.82, 2.24) is 9.97 Å². The smallest absolute Gasteiger partial charge is 0.0795 e. The largest absolute Gasteiger partial charge is 0.305 e. The number of aromatic nitrogens is 2. The maximum absolute atomic E-state index is 12.8. The molecular weight excluding hydrogens is 708 g/mol. The third-order valence-corrected chi connectivity index (χ3v) is 9.84. The molecule has 0 aliphatic carbocycles. The first-order valence-electron chi connectivity index (χ1n) is 13.4. The summed E-state index contributed by atoms with van der Waals surface area (Å²) in [4.78, 5) is 8.96. The molecule has 1 radical (unpaired) electrons. The fourth-order valence-electron chi connectivity index (χ4n) is 4.32. The number of benzene rings is 3. The summed E-state index contributed by atoms with van der Waals surface area (Å²) in [5, 5.41) is 3.85. The molecule has 0 bridgehead atoms. The molecule has 40 heavy (non-hydrogen) atoms. The molecule has 0 unspecified atom stereocenters. The Labute approximate surface area is 256 Å². The molecule has 0 atom stereocenters. The Morgan fingerprint density at radius 1 is 0.900 bits per heavy atom. The molecule has 0 N–H and O–H groups in total. The molecule has 0 spiro atoms. The van der Waals surface area contributed by atoms with E-state index in [-0.39, 0.29) is 25.9 Å². The van der Waals surface area contributed by atoms with Crippen LogP contribution in [-0.2, 0) is 20.1 Å². The van der Waals surface area contributed by atoms with Crippen molar-refractivity contribution in [2.24, 2.45) is 0 Å². The van der Waals surface area contributed by atoms with Crippen LogP contribution in [0.3, 0.4) is 0 Å². The number of thiophene rings is 1. The van der Waals surface area contributed by atoms with Gasteiger partial charge in [0.15, 0.2) is 0 Å². The number of halogens is 1. The topological polar surface area (TPSA) is 25.8 Å². The van der Waals surface area contributed by atoms with Crippen molar-refractivity contribution in [3.05, 3.63) is 115 Å². The summed E-state index contributed by atoms with van der Waals surface area (Å²) in [7, 11) is -1.30. The van der Waals surface area contributed by atoms with Crippen LogP contribution in [0, 0.1) is 17.9 Å². The maximum Gasteiger partial charge on any atom is 0.0795 e. The maximum atomic E-state index is 12.8. The predicted octanol–water partition coefficient (Wildman–Crippen LogP) is 9.27. The van der Waals surface area contributed by atoms with Gasteiger partial charge in [0.1, 0.15) is 0 Å². The molecule has 0 amide bonds. The summed E-state index contributed by atoms with van der Waals surface area (Å²) >= 11 is 1.78. The molecule has 0 saturated heterocycles. The van der Waals surface area contributed by atoms with E-state index in [4.69, 9.17) is 1.37 Å². The van der Waals surface area contributed by atoms with E-state index < -0.39 is 14.0 Å². The zero-order valence-corrected chi connectivity index (χ0v) is 27.4. The van der Waals surface area contributed by atoms with Crippen LogP contribution in [0.15, 0.2) is 91.3 Å². The zero-order chi connectivity index (χ0) is 28.5. The quantitative estimate of drug-likeness (QED) is 0.133. The summed E-state index contributed by atoms with van der Waals surface area (Å²) < 4.78 is 23.5. The molecule has 0 saturated carbocycles.